The van der Waals surface area contributed by atoms with Crippen molar-refractivity contribution in [3.63, 3.8) is 0 Å². The molecule has 15 aromatic rings. The van der Waals surface area contributed by atoms with Crippen LogP contribution >= 0.6 is 0 Å². The lowest BCUT2D eigenvalue weighted by Gasteiger charge is -2.11. The minimum atomic E-state index is 1.15. The smallest absolute Gasteiger partial charge is 0.0541 e. The highest BCUT2D eigenvalue weighted by Crippen LogP contribution is 2.41. The number of hydrogen-bond acceptors (Lipinski definition) is 0. The van der Waals surface area contributed by atoms with Gasteiger partial charge in [-0.2, -0.15) is 0 Å². The number of para-hydroxylation sites is 4. The summed E-state index contributed by atoms with van der Waals surface area (Å²) >= 11 is 0. The molecule has 0 aliphatic carbocycles. The van der Waals surface area contributed by atoms with Crippen molar-refractivity contribution in [3.8, 4) is 61.6 Å². The fourth-order valence-electron chi connectivity index (χ4n) is 11.7. The molecule has 0 atom stereocenters. The zero-order valence-corrected chi connectivity index (χ0v) is 39.8. The first kappa shape index (κ1) is 41.1. The maximum absolute atomic E-state index is 2.44. The second kappa shape index (κ2) is 16.4. The van der Waals surface area contributed by atoms with Gasteiger partial charge in [-0.05, 0) is 152 Å². The summed E-state index contributed by atoms with van der Waals surface area (Å²) in [7, 11) is 0. The Labute approximate surface area is 422 Å². The van der Waals surface area contributed by atoms with Crippen LogP contribution in [-0.2, 0) is 0 Å². The van der Waals surface area contributed by atoms with Crippen molar-refractivity contribution in [3.05, 3.63) is 273 Å². The van der Waals surface area contributed by atoms with Gasteiger partial charge in [-0.1, -0.05) is 176 Å². The SMILES string of the molecule is c1ccc(-n2c3ccccc3c3cc(-c4ccc(-c5ccc6c(c5)c5cc(-c7ccc(-c8ccc9c(c8)c8ccccc8n9-c8ccccc8)cc7)ccc5n6-c5ccc6ccccc6c5)cc4)ccc32)cc1. The second-order valence-electron chi connectivity index (χ2n) is 19.3. The van der Waals surface area contributed by atoms with Crippen LogP contribution in [0.2, 0.25) is 0 Å². The minimum Gasteiger partial charge on any atom is -0.309 e. The van der Waals surface area contributed by atoms with Crippen LogP contribution in [0.15, 0.2) is 273 Å². The fraction of sp³-hybridized carbons (Fsp3) is 0. The standard InChI is InChI=1S/C70H45N3/c1-3-15-56(16-4-1)71-65-21-11-9-19-59(65)61-42-52(32-37-67(61)71)47-23-27-49(28-24-47)54-34-39-69-63(44-54)64-45-55(35-40-70(64)73(69)58-36-31-46-13-7-8-14-51(46)41-58)50-29-25-48(26-30-50)53-33-38-68-62(43-53)60-20-10-12-22-66(60)72(68)57-17-5-2-6-18-57/h1-45H. The Hall–Kier alpha value is -9.70. The fourth-order valence-corrected chi connectivity index (χ4v) is 11.7. The van der Waals surface area contributed by atoms with E-state index in [1.54, 1.807) is 0 Å². The summed E-state index contributed by atoms with van der Waals surface area (Å²) in [6, 6.07) is 100. The van der Waals surface area contributed by atoms with Crippen molar-refractivity contribution in [1.82, 2.24) is 13.7 Å². The molecule has 0 N–H and O–H groups in total. The monoisotopic (exact) mass is 927 g/mol. The van der Waals surface area contributed by atoms with Crippen molar-refractivity contribution < 1.29 is 0 Å². The molecule has 3 heterocycles. The first-order chi connectivity index (χ1) is 36.2. The van der Waals surface area contributed by atoms with Crippen molar-refractivity contribution in [2.45, 2.75) is 0 Å². The van der Waals surface area contributed by atoms with Gasteiger partial charge >= 0.3 is 0 Å². The Morgan fingerprint density at radius 2 is 0.466 bits per heavy atom. The highest BCUT2D eigenvalue weighted by Gasteiger charge is 2.18. The molecule has 0 saturated carbocycles. The van der Waals surface area contributed by atoms with Crippen molar-refractivity contribution >= 4 is 76.2 Å². The predicted octanol–water partition coefficient (Wildman–Crippen LogP) is 18.8. The molecule has 15 rings (SSSR count). The maximum Gasteiger partial charge on any atom is 0.0541 e. The Kier molecular flexibility index (Phi) is 9.26. The van der Waals surface area contributed by atoms with Crippen LogP contribution in [0.3, 0.4) is 0 Å². The molecule has 0 saturated heterocycles. The number of fused-ring (bicyclic) bond motifs is 10. The molecule has 0 spiro atoms. The Morgan fingerprint density at radius 3 is 0.877 bits per heavy atom. The van der Waals surface area contributed by atoms with E-state index in [-0.39, 0.29) is 0 Å². The molecule has 3 heteroatoms. The lowest BCUT2D eigenvalue weighted by Crippen LogP contribution is -1.94. The molecule has 0 aliphatic heterocycles. The number of rotatable bonds is 7. The van der Waals surface area contributed by atoms with Gasteiger partial charge in [0.2, 0.25) is 0 Å². The third-order valence-corrected chi connectivity index (χ3v) is 15.2. The maximum atomic E-state index is 2.44. The van der Waals surface area contributed by atoms with Crippen LogP contribution in [-0.4, -0.2) is 13.7 Å². The van der Waals surface area contributed by atoms with Crippen LogP contribution in [0.1, 0.15) is 0 Å². The van der Waals surface area contributed by atoms with Gasteiger partial charge in [0.1, 0.15) is 0 Å². The van der Waals surface area contributed by atoms with Crippen molar-refractivity contribution in [1.29, 1.82) is 0 Å². The normalized spacial score (nSPS) is 11.8. The van der Waals surface area contributed by atoms with Gasteiger partial charge in [0.25, 0.3) is 0 Å². The second-order valence-corrected chi connectivity index (χ2v) is 19.3. The molecule has 0 aliphatic rings. The third kappa shape index (κ3) is 6.67. The molecule has 3 nitrogen and oxygen atoms in total. The Morgan fingerprint density at radius 1 is 0.164 bits per heavy atom. The quantitative estimate of drug-likeness (QED) is 0.151. The first-order valence-electron chi connectivity index (χ1n) is 25.1. The van der Waals surface area contributed by atoms with Crippen LogP contribution in [0.4, 0.5) is 0 Å². The van der Waals surface area contributed by atoms with Gasteiger partial charge < -0.3 is 13.7 Å². The predicted molar refractivity (Wildman–Crippen MR) is 309 cm³/mol. The summed E-state index contributed by atoms with van der Waals surface area (Å²) in [5.41, 5.74) is 20.3. The average Bonchev–Trinajstić information content (AvgIpc) is 4.11. The molecule has 12 aromatic carbocycles. The van der Waals surface area contributed by atoms with Crippen LogP contribution < -0.4 is 0 Å². The van der Waals surface area contributed by atoms with Gasteiger partial charge in [0.05, 0.1) is 33.1 Å². The number of benzene rings is 12. The van der Waals surface area contributed by atoms with E-state index in [2.05, 4.69) is 287 Å². The third-order valence-electron chi connectivity index (χ3n) is 15.2. The number of nitrogens with zero attached hydrogens (tertiary/aromatic N) is 3. The molecule has 0 unspecified atom stereocenters. The molecule has 0 amide bonds. The molecule has 3 aromatic heterocycles. The van der Waals surface area contributed by atoms with E-state index >= 15 is 0 Å². The van der Waals surface area contributed by atoms with E-state index in [1.807, 2.05) is 0 Å². The zero-order chi connectivity index (χ0) is 48.0. The molecule has 0 bridgehead atoms. The molecule has 0 radical (unpaired) electrons. The van der Waals surface area contributed by atoms with E-state index in [1.165, 1.54) is 132 Å². The number of aromatic nitrogens is 3. The van der Waals surface area contributed by atoms with Crippen molar-refractivity contribution in [2.24, 2.45) is 0 Å². The zero-order valence-electron chi connectivity index (χ0n) is 39.8. The minimum absolute atomic E-state index is 1.15. The first-order valence-corrected chi connectivity index (χ1v) is 25.1. The van der Waals surface area contributed by atoms with E-state index in [4.69, 9.17) is 0 Å². The molecule has 0 fully saturated rings. The lowest BCUT2D eigenvalue weighted by atomic mass is 9.97. The highest BCUT2D eigenvalue weighted by atomic mass is 15.0. The van der Waals surface area contributed by atoms with E-state index in [9.17, 15) is 0 Å². The molecule has 73 heavy (non-hydrogen) atoms. The van der Waals surface area contributed by atoms with Gasteiger partial charge in [-0.25, -0.2) is 0 Å². The van der Waals surface area contributed by atoms with Crippen LogP contribution in [0.25, 0.3) is 138 Å². The summed E-state index contributed by atoms with van der Waals surface area (Å²) < 4.78 is 7.18. The van der Waals surface area contributed by atoms with E-state index < -0.39 is 0 Å². The Balaban J connectivity index is 0.807. The van der Waals surface area contributed by atoms with Gasteiger partial charge in [-0.15, -0.1) is 0 Å². The molecular formula is C70H45N3. The van der Waals surface area contributed by atoms with Gasteiger partial charge in [0, 0.05) is 49.4 Å². The topological polar surface area (TPSA) is 14.8 Å². The van der Waals surface area contributed by atoms with Crippen molar-refractivity contribution in [2.75, 3.05) is 0 Å². The molecule has 340 valence electrons. The Bertz CT molecular complexity index is 4370. The summed E-state index contributed by atoms with van der Waals surface area (Å²) in [5, 5.41) is 9.95. The lowest BCUT2D eigenvalue weighted by molar-refractivity contribution is 1.18. The van der Waals surface area contributed by atoms with E-state index in [0.717, 1.165) is 5.69 Å². The van der Waals surface area contributed by atoms with Gasteiger partial charge in [0.15, 0.2) is 0 Å². The summed E-state index contributed by atoms with van der Waals surface area (Å²) in [5.74, 6) is 0. The average molecular weight is 928 g/mol. The van der Waals surface area contributed by atoms with Crippen LogP contribution in [0, 0.1) is 0 Å². The highest BCUT2D eigenvalue weighted by molar-refractivity contribution is 6.13. The number of hydrogen-bond donors (Lipinski definition) is 0. The van der Waals surface area contributed by atoms with Crippen LogP contribution in [0.5, 0.6) is 0 Å². The van der Waals surface area contributed by atoms with Gasteiger partial charge in [-0.3, -0.25) is 0 Å². The largest absolute Gasteiger partial charge is 0.309 e. The summed E-state index contributed by atoms with van der Waals surface area (Å²) in [6.45, 7) is 0. The molecular weight excluding hydrogens is 883 g/mol. The summed E-state index contributed by atoms with van der Waals surface area (Å²) in [6.07, 6.45) is 0. The van der Waals surface area contributed by atoms with E-state index in [0.29, 0.717) is 0 Å². The summed E-state index contributed by atoms with van der Waals surface area (Å²) in [4.78, 5) is 0.